The molecule has 0 fully saturated rings. The summed E-state index contributed by atoms with van der Waals surface area (Å²) in [5, 5.41) is 11.3. The van der Waals surface area contributed by atoms with Crippen molar-refractivity contribution in [3.05, 3.63) is 23.8 Å². The molecule has 1 heterocycles. The van der Waals surface area contributed by atoms with E-state index in [-0.39, 0.29) is 31.4 Å². The first-order chi connectivity index (χ1) is 11.5. The zero-order valence-electron chi connectivity index (χ0n) is 13.7. The highest BCUT2D eigenvalue weighted by atomic mass is 16.5. The lowest BCUT2D eigenvalue weighted by atomic mass is 10.1. The Morgan fingerprint density at radius 2 is 2.08 bits per heavy atom. The number of carboxylic acid groups (broad SMARTS) is 1. The zero-order chi connectivity index (χ0) is 17.5. The van der Waals surface area contributed by atoms with Crippen molar-refractivity contribution in [2.24, 2.45) is 0 Å². The molecule has 0 saturated carbocycles. The van der Waals surface area contributed by atoms with Gasteiger partial charge in [0.25, 0.3) is 0 Å². The molecule has 1 aliphatic heterocycles. The molecule has 0 atom stereocenters. The Balaban J connectivity index is 1.80. The van der Waals surface area contributed by atoms with Gasteiger partial charge in [-0.3, -0.25) is 9.59 Å². The average Bonchev–Trinajstić information content (AvgIpc) is 2.49. The highest BCUT2D eigenvalue weighted by Crippen LogP contribution is 2.32. The summed E-state index contributed by atoms with van der Waals surface area (Å²) in [7, 11) is 0. The normalized spacial score (nSPS) is 13.2. The highest BCUT2D eigenvalue weighted by Gasteiger charge is 2.25. The van der Waals surface area contributed by atoms with Gasteiger partial charge in [0.05, 0.1) is 12.2 Å². The van der Waals surface area contributed by atoms with Crippen LogP contribution < -0.4 is 15.0 Å². The van der Waals surface area contributed by atoms with Gasteiger partial charge in [-0.15, -0.1) is 0 Å². The molecule has 7 heteroatoms. The summed E-state index contributed by atoms with van der Waals surface area (Å²) in [4.78, 5) is 35.8. The van der Waals surface area contributed by atoms with Crippen LogP contribution in [-0.4, -0.2) is 42.6 Å². The highest BCUT2D eigenvalue weighted by molar-refractivity contribution is 5.89. The number of benzene rings is 1. The maximum Gasteiger partial charge on any atom is 0.331 e. The van der Waals surface area contributed by atoms with E-state index in [4.69, 9.17) is 9.84 Å². The summed E-state index contributed by atoms with van der Waals surface area (Å²) in [6.07, 6.45) is 2.25. The summed E-state index contributed by atoms with van der Waals surface area (Å²) in [5.74, 6) is -0.873. The van der Waals surface area contributed by atoms with Crippen molar-refractivity contribution in [3.63, 3.8) is 0 Å². The van der Waals surface area contributed by atoms with E-state index in [1.54, 1.807) is 11.0 Å². The fourth-order valence-electron chi connectivity index (χ4n) is 2.54. The quantitative estimate of drug-likeness (QED) is 0.425. The number of amides is 1. The van der Waals surface area contributed by atoms with E-state index in [1.807, 2.05) is 19.1 Å². The molecule has 7 nitrogen and oxygen atoms in total. The summed E-state index contributed by atoms with van der Waals surface area (Å²) < 4.78 is 5.21. The summed E-state index contributed by atoms with van der Waals surface area (Å²) in [5.41, 5.74) is 1.71. The maximum absolute atomic E-state index is 12.0. The van der Waals surface area contributed by atoms with Crippen molar-refractivity contribution < 1.29 is 24.2 Å². The van der Waals surface area contributed by atoms with Crippen LogP contribution >= 0.6 is 0 Å². The van der Waals surface area contributed by atoms with Gasteiger partial charge in [0.2, 0.25) is 5.91 Å². The number of ether oxygens (including phenoxy) is 1. The first kappa shape index (κ1) is 17.8. The first-order valence-corrected chi connectivity index (χ1v) is 8.00. The van der Waals surface area contributed by atoms with Gasteiger partial charge in [-0.05, 0) is 37.5 Å². The number of aryl methyl sites for hydroxylation is 1. The number of fused-ring (bicyclic) bond motifs is 1. The number of carbonyl (C=O) groups is 3. The molecule has 0 saturated heterocycles. The molecule has 0 radical (unpaired) electrons. The minimum absolute atomic E-state index is 0.0437. The third kappa shape index (κ3) is 5.26. The summed E-state index contributed by atoms with van der Waals surface area (Å²) >= 11 is 0. The molecule has 130 valence electrons. The number of hydrogen-bond acceptors (Lipinski definition) is 5. The van der Waals surface area contributed by atoms with Crippen LogP contribution in [0.25, 0.3) is 0 Å². The van der Waals surface area contributed by atoms with Crippen LogP contribution in [0.5, 0.6) is 5.75 Å². The Labute approximate surface area is 140 Å². The van der Waals surface area contributed by atoms with Gasteiger partial charge >= 0.3 is 11.9 Å². The van der Waals surface area contributed by atoms with E-state index in [2.05, 4.69) is 5.32 Å². The number of unbranched alkanes of at least 4 members (excludes halogenated alkanes) is 2. The predicted molar refractivity (Wildman–Crippen MR) is 88.1 cm³/mol. The summed E-state index contributed by atoms with van der Waals surface area (Å²) in [6, 6.07) is 5.53. The van der Waals surface area contributed by atoms with Crippen LogP contribution in [0, 0.1) is 6.92 Å². The lowest BCUT2D eigenvalue weighted by Gasteiger charge is -2.29. The minimum Gasteiger partial charge on any atom is -0.481 e. The van der Waals surface area contributed by atoms with Crippen molar-refractivity contribution in [1.29, 1.82) is 0 Å². The monoisotopic (exact) mass is 334 g/mol. The second-order valence-electron chi connectivity index (χ2n) is 5.86. The van der Waals surface area contributed by atoms with Gasteiger partial charge < -0.3 is 20.1 Å². The number of anilines is 1. The van der Waals surface area contributed by atoms with Gasteiger partial charge in [-0.1, -0.05) is 12.5 Å². The van der Waals surface area contributed by atoms with Crippen LogP contribution in [-0.2, 0) is 14.4 Å². The molecular formula is C17H22N2O5. The van der Waals surface area contributed by atoms with E-state index in [9.17, 15) is 14.4 Å². The van der Waals surface area contributed by atoms with Gasteiger partial charge in [-0.2, -0.15) is 0 Å². The van der Waals surface area contributed by atoms with Crippen LogP contribution in [0.2, 0.25) is 0 Å². The van der Waals surface area contributed by atoms with Crippen molar-refractivity contribution >= 4 is 23.5 Å². The van der Waals surface area contributed by atoms with Crippen LogP contribution in [0.3, 0.4) is 0 Å². The Morgan fingerprint density at radius 1 is 1.29 bits per heavy atom. The van der Waals surface area contributed by atoms with E-state index >= 15 is 0 Å². The minimum atomic E-state index is -0.801. The van der Waals surface area contributed by atoms with Crippen molar-refractivity contribution in [3.8, 4) is 5.75 Å². The number of nitrogens with one attached hydrogen (secondary N) is 1. The molecule has 1 aromatic rings. The molecule has 0 unspecified atom stereocenters. The maximum atomic E-state index is 12.0. The van der Waals surface area contributed by atoms with E-state index < -0.39 is 5.97 Å². The Kier molecular flexibility index (Phi) is 6.17. The molecule has 0 spiro atoms. The zero-order valence-corrected chi connectivity index (χ0v) is 13.7. The van der Waals surface area contributed by atoms with Crippen molar-refractivity contribution in [2.75, 3.05) is 24.5 Å². The second-order valence-corrected chi connectivity index (χ2v) is 5.86. The molecule has 1 aliphatic rings. The average molecular weight is 334 g/mol. The van der Waals surface area contributed by atoms with Gasteiger partial charge in [0, 0.05) is 13.0 Å². The lowest BCUT2D eigenvalue weighted by Crippen LogP contribution is -2.43. The fourth-order valence-corrected chi connectivity index (χ4v) is 2.54. The Hall–Kier alpha value is -2.57. The first-order valence-electron chi connectivity index (χ1n) is 8.00. The van der Waals surface area contributed by atoms with Crippen LogP contribution in [0.1, 0.15) is 31.2 Å². The molecular weight excluding hydrogens is 312 g/mol. The van der Waals surface area contributed by atoms with Crippen molar-refractivity contribution in [2.45, 2.75) is 32.6 Å². The molecule has 0 aliphatic carbocycles. The number of carboxylic acids is 1. The number of esters is 1. The topological polar surface area (TPSA) is 95.9 Å². The molecule has 0 bridgehead atoms. The lowest BCUT2D eigenvalue weighted by molar-refractivity contribution is -0.137. The van der Waals surface area contributed by atoms with E-state index in [1.165, 1.54) is 0 Å². The number of carbonyl (C=O) groups excluding carboxylic acids is 2. The van der Waals surface area contributed by atoms with E-state index in [0.29, 0.717) is 18.7 Å². The third-order valence-electron chi connectivity index (χ3n) is 3.72. The number of hydrogen-bond donors (Lipinski definition) is 2. The Bertz CT molecular complexity index is 629. The number of nitrogens with zero attached hydrogens (tertiary/aromatic N) is 1. The smallest absolute Gasteiger partial charge is 0.331 e. The van der Waals surface area contributed by atoms with Crippen LogP contribution in [0.15, 0.2) is 18.2 Å². The number of aliphatic carboxylic acids is 1. The molecule has 0 aromatic heterocycles. The largest absolute Gasteiger partial charge is 0.481 e. The number of rotatable bonds is 8. The molecule has 2 N–H and O–H groups in total. The molecule has 2 rings (SSSR count). The summed E-state index contributed by atoms with van der Waals surface area (Å²) in [6.45, 7) is 2.53. The standard InChI is InChI=1S/C17H22N2O5/c1-12-6-7-13-14(9-12)24-17(23)11-19(13)10-15(20)18-8-4-2-3-5-16(21)22/h6-7,9H,2-5,8,10-11H2,1H3,(H,18,20)(H,21,22). The third-order valence-corrected chi connectivity index (χ3v) is 3.72. The predicted octanol–water partition coefficient (Wildman–Crippen LogP) is 1.48. The van der Waals surface area contributed by atoms with Gasteiger partial charge in [0.1, 0.15) is 6.54 Å². The van der Waals surface area contributed by atoms with Gasteiger partial charge in [-0.25, -0.2) is 4.79 Å². The Morgan fingerprint density at radius 3 is 2.83 bits per heavy atom. The van der Waals surface area contributed by atoms with Gasteiger partial charge in [0.15, 0.2) is 5.75 Å². The SMILES string of the molecule is Cc1ccc2c(c1)OC(=O)CN2CC(=O)NCCCCCC(=O)O. The van der Waals surface area contributed by atoms with E-state index in [0.717, 1.165) is 24.1 Å². The molecule has 24 heavy (non-hydrogen) atoms. The second kappa shape index (κ2) is 8.33. The fraction of sp³-hybridized carbons (Fsp3) is 0.471. The molecule has 1 aromatic carbocycles. The van der Waals surface area contributed by atoms with Crippen LogP contribution in [0.4, 0.5) is 5.69 Å². The molecule has 1 amide bonds. The van der Waals surface area contributed by atoms with Crippen molar-refractivity contribution in [1.82, 2.24) is 5.32 Å².